The standard InChI is InChI=1S/C48H25N5OS/c49-26-31-24-29(19-23-39(31)53-40-15-7-4-12-32(40)36-21-22-37-33-13-5-8-16-41(33)54-47(37)46(36)53)45-38(27-50)44(28-10-2-1-3-11-28)51-48(52-45)30-18-20-35-34-14-6-9-17-42(34)55-43(35)25-30/h1-25H. The van der Waals surface area contributed by atoms with Crippen LogP contribution in [0.5, 0.6) is 0 Å². The number of furan rings is 1. The van der Waals surface area contributed by atoms with Gasteiger partial charge in [0.05, 0.1) is 33.7 Å². The molecule has 0 fully saturated rings. The Bertz CT molecular complexity index is 3470. The highest BCUT2D eigenvalue weighted by molar-refractivity contribution is 7.25. The van der Waals surface area contributed by atoms with Crippen LogP contribution < -0.4 is 0 Å². The minimum absolute atomic E-state index is 0.343. The number of hydrogen-bond acceptors (Lipinski definition) is 6. The summed E-state index contributed by atoms with van der Waals surface area (Å²) >= 11 is 1.73. The Kier molecular flexibility index (Phi) is 6.75. The molecule has 0 aliphatic rings. The van der Waals surface area contributed by atoms with Crippen LogP contribution in [0.25, 0.3) is 104 Å². The fourth-order valence-electron chi connectivity index (χ4n) is 8.02. The molecule has 0 aliphatic carbocycles. The van der Waals surface area contributed by atoms with Crippen LogP contribution in [0, 0.1) is 22.7 Å². The zero-order chi connectivity index (χ0) is 36.6. The molecule has 0 aliphatic heterocycles. The van der Waals surface area contributed by atoms with Gasteiger partial charge in [-0.3, -0.25) is 0 Å². The average molecular weight is 720 g/mol. The molecular formula is C48H25N5OS. The van der Waals surface area contributed by atoms with Gasteiger partial charge in [0.2, 0.25) is 0 Å². The number of para-hydroxylation sites is 2. The first-order valence-corrected chi connectivity index (χ1v) is 18.7. The Balaban J connectivity index is 1.15. The van der Waals surface area contributed by atoms with Gasteiger partial charge in [0.15, 0.2) is 11.4 Å². The summed E-state index contributed by atoms with van der Waals surface area (Å²) in [5.74, 6) is 0.504. The highest BCUT2D eigenvalue weighted by Crippen LogP contribution is 2.42. The van der Waals surface area contributed by atoms with E-state index in [1.165, 1.54) is 15.5 Å². The van der Waals surface area contributed by atoms with E-state index in [9.17, 15) is 10.5 Å². The first-order chi connectivity index (χ1) is 27.2. The van der Waals surface area contributed by atoms with E-state index in [0.29, 0.717) is 39.6 Å². The zero-order valence-corrected chi connectivity index (χ0v) is 29.8. The van der Waals surface area contributed by atoms with Crippen molar-refractivity contribution in [2.24, 2.45) is 0 Å². The topological polar surface area (TPSA) is 91.4 Å². The van der Waals surface area contributed by atoms with E-state index in [1.807, 2.05) is 84.9 Å². The van der Waals surface area contributed by atoms with Crippen LogP contribution in [0.1, 0.15) is 11.1 Å². The number of hydrogen-bond donors (Lipinski definition) is 0. The molecule has 55 heavy (non-hydrogen) atoms. The van der Waals surface area contributed by atoms with Crippen LogP contribution in [-0.4, -0.2) is 14.5 Å². The summed E-state index contributed by atoms with van der Waals surface area (Å²) in [5.41, 5.74) is 8.21. The van der Waals surface area contributed by atoms with Crippen molar-refractivity contribution in [3.63, 3.8) is 0 Å². The molecule has 11 rings (SSSR count). The molecule has 0 saturated carbocycles. The van der Waals surface area contributed by atoms with E-state index in [4.69, 9.17) is 14.4 Å². The van der Waals surface area contributed by atoms with Crippen LogP contribution in [0.15, 0.2) is 156 Å². The Morgan fingerprint density at radius 3 is 2.04 bits per heavy atom. The summed E-state index contributed by atoms with van der Waals surface area (Å²) in [6.45, 7) is 0. The van der Waals surface area contributed by atoms with E-state index in [1.54, 1.807) is 11.3 Å². The predicted molar refractivity (Wildman–Crippen MR) is 222 cm³/mol. The summed E-state index contributed by atoms with van der Waals surface area (Å²) in [7, 11) is 0. The number of thiophene rings is 1. The Labute approximate surface area is 318 Å². The van der Waals surface area contributed by atoms with Gasteiger partial charge in [0.1, 0.15) is 23.3 Å². The fourth-order valence-corrected chi connectivity index (χ4v) is 9.17. The molecule has 0 spiro atoms. The van der Waals surface area contributed by atoms with Gasteiger partial charge in [-0.25, -0.2) is 9.97 Å². The highest BCUT2D eigenvalue weighted by Gasteiger charge is 2.23. The van der Waals surface area contributed by atoms with Gasteiger partial charge in [-0.1, -0.05) is 109 Å². The molecule has 0 N–H and O–H groups in total. The molecule has 0 atom stereocenters. The number of aromatic nitrogens is 3. The molecule has 7 heteroatoms. The molecule has 254 valence electrons. The second-order valence-corrected chi connectivity index (χ2v) is 14.6. The molecule has 6 nitrogen and oxygen atoms in total. The van der Waals surface area contributed by atoms with Gasteiger partial charge in [0.25, 0.3) is 0 Å². The average Bonchev–Trinajstić information content (AvgIpc) is 3.92. The Morgan fingerprint density at radius 2 is 1.20 bits per heavy atom. The van der Waals surface area contributed by atoms with Crippen LogP contribution >= 0.6 is 11.3 Å². The van der Waals surface area contributed by atoms with Gasteiger partial charge in [0, 0.05) is 58.4 Å². The molecule has 0 amide bonds. The van der Waals surface area contributed by atoms with Crippen molar-refractivity contribution in [1.29, 1.82) is 10.5 Å². The number of rotatable bonds is 4. The van der Waals surface area contributed by atoms with E-state index in [0.717, 1.165) is 59.6 Å². The van der Waals surface area contributed by atoms with E-state index in [-0.39, 0.29) is 0 Å². The summed E-state index contributed by atoms with van der Waals surface area (Å²) in [6.07, 6.45) is 0. The molecule has 0 saturated heterocycles. The van der Waals surface area contributed by atoms with E-state index in [2.05, 4.69) is 83.4 Å². The number of nitriles is 2. The maximum atomic E-state index is 10.8. The SMILES string of the molecule is N#Cc1cc(-c2nc(-c3ccc4c(c3)sc3ccccc34)nc(-c3ccccc3)c2C#N)ccc1-n1c2ccccc2c2ccc3c4ccccc4oc3c21. The third-order valence-corrected chi connectivity index (χ3v) is 11.6. The number of benzene rings is 7. The largest absolute Gasteiger partial charge is 0.454 e. The second-order valence-electron chi connectivity index (χ2n) is 13.5. The smallest absolute Gasteiger partial charge is 0.160 e. The number of nitrogens with zero attached hydrogens (tertiary/aromatic N) is 5. The lowest BCUT2D eigenvalue weighted by molar-refractivity contribution is 0.671. The summed E-state index contributed by atoms with van der Waals surface area (Å²) in [6, 6.07) is 55.6. The third kappa shape index (κ3) is 4.65. The molecule has 4 heterocycles. The minimum atomic E-state index is 0.343. The van der Waals surface area contributed by atoms with Crippen LogP contribution in [0.3, 0.4) is 0 Å². The summed E-state index contributed by atoms with van der Waals surface area (Å²) in [4.78, 5) is 10.1. The van der Waals surface area contributed by atoms with Crippen molar-refractivity contribution in [1.82, 2.24) is 14.5 Å². The van der Waals surface area contributed by atoms with E-state index < -0.39 is 0 Å². The maximum absolute atomic E-state index is 10.8. The second kappa shape index (κ2) is 12.0. The van der Waals surface area contributed by atoms with E-state index >= 15 is 0 Å². The lowest BCUT2D eigenvalue weighted by atomic mass is 9.98. The Morgan fingerprint density at radius 1 is 0.527 bits per heavy atom. The van der Waals surface area contributed by atoms with Gasteiger partial charge < -0.3 is 8.98 Å². The third-order valence-electron chi connectivity index (χ3n) is 10.5. The van der Waals surface area contributed by atoms with Crippen LogP contribution in [0.2, 0.25) is 0 Å². The zero-order valence-electron chi connectivity index (χ0n) is 29.0. The summed E-state index contributed by atoms with van der Waals surface area (Å²) in [5, 5.41) is 28.1. The van der Waals surface area contributed by atoms with Crippen molar-refractivity contribution in [3.8, 4) is 51.7 Å². The molecular weight excluding hydrogens is 695 g/mol. The first-order valence-electron chi connectivity index (χ1n) is 17.9. The predicted octanol–water partition coefficient (Wildman–Crippen LogP) is 12.6. The van der Waals surface area contributed by atoms with Gasteiger partial charge in [-0.15, -0.1) is 11.3 Å². The molecule has 0 radical (unpaired) electrons. The molecule has 0 unspecified atom stereocenters. The number of fused-ring (bicyclic) bond motifs is 10. The van der Waals surface area contributed by atoms with Crippen LogP contribution in [0.4, 0.5) is 0 Å². The monoisotopic (exact) mass is 719 g/mol. The summed E-state index contributed by atoms with van der Waals surface area (Å²) < 4.78 is 11.0. The Hall–Kier alpha value is -7.58. The lowest BCUT2D eigenvalue weighted by Crippen LogP contribution is -2.02. The molecule has 11 aromatic rings. The van der Waals surface area contributed by atoms with Crippen molar-refractivity contribution in [3.05, 3.63) is 163 Å². The first kappa shape index (κ1) is 31.0. The highest BCUT2D eigenvalue weighted by atomic mass is 32.1. The fraction of sp³-hybridized carbons (Fsp3) is 0. The normalized spacial score (nSPS) is 11.6. The maximum Gasteiger partial charge on any atom is 0.160 e. The lowest BCUT2D eigenvalue weighted by Gasteiger charge is -2.14. The van der Waals surface area contributed by atoms with Crippen LogP contribution in [-0.2, 0) is 0 Å². The van der Waals surface area contributed by atoms with Crippen molar-refractivity contribution in [2.75, 3.05) is 0 Å². The molecule has 4 aromatic heterocycles. The minimum Gasteiger partial charge on any atom is -0.454 e. The van der Waals surface area contributed by atoms with Crippen molar-refractivity contribution >= 4 is 75.3 Å². The van der Waals surface area contributed by atoms with Gasteiger partial charge >= 0.3 is 0 Å². The molecule has 7 aromatic carbocycles. The quantitative estimate of drug-likeness (QED) is 0.181. The van der Waals surface area contributed by atoms with Gasteiger partial charge in [-0.05, 0) is 42.5 Å². The van der Waals surface area contributed by atoms with Gasteiger partial charge in [-0.2, -0.15) is 10.5 Å². The molecule has 0 bridgehead atoms. The van der Waals surface area contributed by atoms with Crippen molar-refractivity contribution < 1.29 is 4.42 Å². The van der Waals surface area contributed by atoms with Crippen molar-refractivity contribution in [2.45, 2.75) is 0 Å².